The van der Waals surface area contributed by atoms with E-state index in [1.807, 2.05) is 0 Å². The molecule has 0 radical (unpaired) electrons. The van der Waals surface area contributed by atoms with Crippen LogP contribution in [0.3, 0.4) is 0 Å². The van der Waals surface area contributed by atoms with Gasteiger partial charge in [0.1, 0.15) is 5.82 Å². The normalized spacial score (nSPS) is 10.7. The number of rotatable bonds is 4. The molecule has 100 valence electrons. The van der Waals surface area contributed by atoms with Crippen LogP contribution in [0.5, 0.6) is 0 Å². The maximum atomic E-state index is 13.5. The highest BCUT2D eigenvalue weighted by atomic mass is 19.1. The second-order valence-electron chi connectivity index (χ2n) is 4.35. The van der Waals surface area contributed by atoms with Crippen LogP contribution >= 0.6 is 0 Å². The molecule has 0 unspecified atom stereocenters. The Hall–Kier alpha value is -2.24. The fourth-order valence-corrected chi connectivity index (χ4v) is 1.44. The highest BCUT2D eigenvalue weighted by Gasteiger charge is 2.13. The summed E-state index contributed by atoms with van der Waals surface area (Å²) in [5.74, 6) is -0.303. The second kappa shape index (κ2) is 5.60. The summed E-state index contributed by atoms with van der Waals surface area (Å²) in [5, 5.41) is 10.2. The number of aromatic nitrogens is 2. The highest BCUT2D eigenvalue weighted by Crippen LogP contribution is 2.20. The maximum Gasteiger partial charge on any atom is 0.250 e. The van der Waals surface area contributed by atoms with E-state index in [-0.39, 0.29) is 35.7 Å². The van der Waals surface area contributed by atoms with Crippen molar-refractivity contribution in [3.05, 3.63) is 36.0 Å². The minimum atomic E-state index is -0.427. The summed E-state index contributed by atoms with van der Waals surface area (Å²) < 4.78 is 18.8. The van der Waals surface area contributed by atoms with Crippen LogP contribution in [0.4, 0.5) is 4.39 Å². The first kappa shape index (κ1) is 13.2. The molecular weight excluding hydrogens is 249 g/mol. The molecule has 0 aliphatic carbocycles. The summed E-state index contributed by atoms with van der Waals surface area (Å²) in [6.45, 7) is 3.71. The van der Waals surface area contributed by atoms with Crippen LogP contribution in [0.2, 0.25) is 0 Å². The standard InChI is InChI=1S/C13H14FN3O2/c1-8(2)12(18)15-7-11-16-17-13(19-11)9-5-3-4-6-10(9)14/h3-6,8H,7H2,1-2H3,(H,15,18). The molecule has 0 bridgehead atoms. The van der Waals surface area contributed by atoms with Gasteiger partial charge < -0.3 is 9.73 Å². The van der Waals surface area contributed by atoms with Gasteiger partial charge in [-0.1, -0.05) is 26.0 Å². The highest BCUT2D eigenvalue weighted by molar-refractivity contribution is 5.77. The SMILES string of the molecule is CC(C)C(=O)NCc1nnc(-c2ccccc2F)o1. The van der Waals surface area contributed by atoms with Crippen molar-refractivity contribution in [2.24, 2.45) is 5.92 Å². The van der Waals surface area contributed by atoms with Crippen molar-refractivity contribution in [3.63, 3.8) is 0 Å². The van der Waals surface area contributed by atoms with E-state index in [0.29, 0.717) is 0 Å². The first-order valence-electron chi connectivity index (χ1n) is 5.93. The van der Waals surface area contributed by atoms with Gasteiger partial charge in [0.2, 0.25) is 11.8 Å². The average Bonchev–Trinajstić information content (AvgIpc) is 2.85. The molecule has 19 heavy (non-hydrogen) atoms. The van der Waals surface area contributed by atoms with Crippen molar-refractivity contribution < 1.29 is 13.6 Å². The van der Waals surface area contributed by atoms with Gasteiger partial charge in [0.15, 0.2) is 0 Å². The molecule has 0 aliphatic heterocycles. The van der Waals surface area contributed by atoms with E-state index < -0.39 is 5.82 Å². The Morgan fingerprint density at radius 1 is 1.37 bits per heavy atom. The Labute approximate surface area is 109 Å². The zero-order chi connectivity index (χ0) is 13.8. The lowest BCUT2D eigenvalue weighted by molar-refractivity contribution is -0.124. The van der Waals surface area contributed by atoms with Crippen molar-refractivity contribution in [1.82, 2.24) is 15.5 Å². The van der Waals surface area contributed by atoms with Crippen LogP contribution < -0.4 is 5.32 Å². The van der Waals surface area contributed by atoms with E-state index in [0.717, 1.165) is 0 Å². The van der Waals surface area contributed by atoms with Crippen LogP contribution in [0.1, 0.15) is 19.7 Å². The number of halogens is 1. The fraction of sp³-hybridized carbons (Fsp3) is 0.308. The molecule has 1 N–H and O–H groups in total. The van der Waals surface area contributed by atoms with E-state index >= 15 is 0 Å². The van der Waals surface area contributed by atoms with Crippen LogP contribution in [0, 0.1) is 11.7 Å². The van der Waals surface area contributed by atoms with Crippen molar-refractivity contribution in [1.29, 1.82) is 0 Å². The van der Waals surface area contributed by atoms with Gasteiger partial charge in [0, 0.05) is 5.92 Å². The Morgan fingerprint density at radius 2 is 2.11 bits per heavy atom. The number of benzene rings is 1. The van der Waals surface area contributed by atoms with E-state index in [4.69, 9.17) is 4.42 Å². The predicted octanol–water partition coefficient (Wildman–Crippen LogP) is 2.15. The van der Waals surface area contributed by atoms with Crippen LogP contribution in [0.25, 0.3) is 11.5 Å². The summed E-state index contributed by atoms with van der Waals surface area (Å²) >= 11 is 0. The van der Waals surface area contributed by atoms with E-state index in [9.17, 15) is 9.18 Å². The molecule has 1 amide bonds. The van der Waals surface area contributed by atoms with Gasteiger partial charge in [0.25, 0.3) is 5.89 Å². The molecule has 6 heteroatoms. The number of amides is 1. The number of hydrogen-bond acceptors (Lipinski definition) is 4. The topological polar surface area (TPSA) is 68.0 Å². The molecule has 0 saturated carbocycles. The lowest BCUT2D eigenvalue weighted by Crippen LogP contribution is -2.27. The lowest BCUT2D eigenvalue weighted by atomic mass is 10.2. The fourth-order valence-electron chi connectivity index (χ4n) is 1.44. The van der Waals surface area contributed by atoms with Crippen molar-refractivity contribution in [2.45, 2.75) is 20.4 Å². The number of nitrogens with one attached hydrogen (secondary N) is 1. The molecule has 0 atom stereocenters. The summed E-state index contributed by atoms with van der Waals surface area (Å²) in [5.41, 5.74) is 0.247. The number of carbonyl (C=O) groups excluding carboxylic acids is 1. The number of nitrogens with zero attached hydrogens (tertiary/aromatic N) is 2. The monoisotopic (exact) mass is 263 g/mol. The van der Waals surface area contributed by atoms with E-state index in [2.05, 4.69) is 15.5 Å². The smallest absolute Gasteiger partial charge is 0.250 e. The molecule has 0 saturated heterocycles. The number of hydrogen-bond donors (Lipinski definition) is 1. The first-order valence-corrected chi connectivity index (χ1v) is 5.93. The predicted molar refractivity (Wildman–Crippen MR) is 66.4 cm³/mol. The largest absolute Gasteiger partial charge is 0.419 e. The number of carbonyl (C=O) groups is 1. The third-order valence-electron chi connectivity index (χ3n) is 2.51. The molecule has 2 rings (SSSR count). The summed E-state index contributed by atoms with van der Waals surface area (Å²) in [6, 6.07) is 6.14. The van der Waals surface area contributed by atoms with E-state index in [1.54, 1.807) is 32.0 Å². The third-order valence-corrected chi connectivity index (χ3v) is 2.51. The molecule has 2 aromatic rings. The van der Waals surface area contributed by atoms with Crippen LogP contribution in [-0.2, 0) is 11.3 Å². The van der Waals surface area contributed by atoms with Crippen molar-refractivity contribution >= 4 is 5.91 Å². The van der Waals surface area contributed by atoms with Crippen molar-refractivity contribution in [3.8, 4) is 11.5 Å². The van der Waals surface area contributed by atoms with Gasteiger partial charge in [-0.3, -0.25) is 4.79 Å². The average molecular weight is 263 g/mol. The molecule has 1 aromatic carbocycles. The minimum Gasteiger partial charge on any atom is -0.419 e. The van der Waals surface area contributed by atoms with Crippen molar-refractivity contribution in [2.75, 3.05) is 0 Å². The quantitative estimate of drug-likeness (QED) is 0.917. The summed E-state index contributed by atoms with van der Waals surface area (Å²) in [6.07, 6.45) is 0. The molecule has 0 fully saturated rings. The Bertz CT molecular complexity index is 581. The zero-order valence-electron chi connectivity index (χ0n) is 10.7. The van der Waals surface area contributed by atoms with Crippen LogP contribution in [-0.4, -0.2) is 16.1 Å². The zero-order valence-corrected chi connectivity index (χ0v) is 10.7. The first-order chi connectivity index (χ1) is 9.08. The Kier molecular flexibility index (Phi) is 3.89. The van der Waals surface area contributed by atoms with Gasteiger partial charge in [-0.05, 0) is 12.1 Å². The third kappa shape index (κ3) is 3.15. The molecule has 5 nitrogen and oxygen atoms in total. The molecule has 1 aromatic heterocycles. The molecule has 1 heterocycles. The summed E-state index contributed by atoms with van der Waals surface area (Å²) in [4.78, 5) is 11.4. The van der Waals surface area contributed by atoms with Crippen LogP contribution in [0.15, 0.2) is 28.7 Å². The van der Waals surface area contributed by atoms with E-state index in [1.165, 1.54) is 6.07 Å². The second-order valence-corrected chi connectivity index (χ2v) is 4.35. The molecule has 0 aliphatic rings. The minimum absolute atomic E-state index is 0.104. The van der Waals surface area contributed by atoms with Gasteiger partial charge in [-0.2, -0.15) is 0 Å². The van der Waals surface area contributed by atoms with Gasteiger partial charge in [0.05, 0.1) is 12.1 Å². The van der Waals surface area contributed by atoms with Gasteiger partial charge in [-0.25, -0.2) is 4.39 Å². The molecular formula is C13H14FN3O2. The molecule has 0 spiro atoms. The summed E-state index contributed by atoms with van der Waals surface area (Å²) in [7, 11) is 0. The van der Waals surface area contributed by atoms with Gasteiger partial charge in [-0.15, -0.1) is 10.2 Å². The van der Waals surface area contributed by atoms with Gasteiger partial charge >= 0.3 is 0 Å². The Balaban J connectivity index is 2.08. The maximum absolute atomic E-state index is 13.5. The lowest BCUT2D eigenvalue weighted by Gasteiger charge is -2.04. The Morgan fingerprint density at radius 3 is 2.79 bits per heavy atom.